The SMILES string of the molecule is OCC(O)CCCCc1ccccc1. The molecule has 1 rings (SSSR count). The lowest BCUT2D eigenvalue weighted by atomic mass is 10.1. The number of aliphatic hydroxyl groups is 2. The molecule has 0 radical (unpaired) electrons. The average Bonchev–Trinajstić information content (AvgIpc) is 2.25. The fraction of sp³-hybridized carbons (Fsp3) is 0.500. The fourth-order valence-electron chi connectivity index (χ4n) is 1.45. The zero-order valence-corrected chi connectivity index (χ0v) is 8.39. The molecule has 14 heavy (non-hydrogen) atoms. The van der Waals surface area contributed by atoms with Gasteiger partial charge in [-0.15, -0.1) is 0 Å². The lowest BCUT2D eigenvalue weighted by Crippen LogP contribution is -2.11. The average molecular weight is 194 g/mol. The highest BCUT2D eigenvalue weighted by molar-refractivity contribution is 5.14. The van der Waals surface area contributed by atoms with Crippen LogP contribution in [0.3, 0.4) is 0 Å². The summed E-state index contributed by atoms with van der Waals surface area (Å²) in [6.45, 7) is -0.120. The van der Waals surface area contributed by atoms with Gasteiger partial charge in [-0.1, -0.05) is 36.8 Å². The van der Waals surface area contributed by atoms with Gasteiger partial charge in [0.1, 0.15) is 0 Å². The second kappa shape index (κ2) is 6.57. The molecule has 78 valence electrons. The van der Waals surface area contributed by atoms with Gasteiger partial charge in [0.25, 0.3) is 0 Å². The lowest BCUT2D eigenvalue weighted by molar-refractivity contribution is 0.0862. The fourth-order valence-corrected chi connectivity index (χ4v) is 1.45. The van der Waals surface area contributed by atoms with Crippen molar-refractivity contribution in [1.82, 2.24) is 0 Å². The highest BCUT2D eigenvalue weighted by Gasteiger charge is 2.00. The minimum Gasteiger partial charge on any atom is -0.394 e. The molecule has 0 spiro atoms. The van der Waals surface area contributed by atoms with Crippen LogP contribution in [0.15, 0.2) is 30.3 Å². The molecule has 0 aliphatic heterocycles. The molecule has 0 amide bonds. The van der Waals surface area contributed by atoms with Crippen LogP contribution in [0.5, 0.6) is 0 Å². The maximum absolute atomic E-state index is 9.11. The quantitative estimate of drug-likeness (QED) is 0.677. The highest BCUT2D eigenvalue weighted by atomic mass is 16.3. The Labute approximate surface area is 85.2 Å². The van der Waals surface area contributed by atoms with E-state index >= 15 is 0 Å². The number of hydrogen-bond donors (Lipinski definition) is 2. The predicted octanol–water partition coefficient (Wildman–Crippen LogP) is 1.75. The predicted molar refractivity (Wildman–Crippen MR) is 57.1 cm³/mol. The topological polar surface area (TPSA) is 40.5 Å². The molecule has 0 aliphatic carbocycles. The molecular formula is C12H18O2. The molecule has 0 aliphatic rings. The van der Waals surface area contributed by atoms with Gasteiger partial charge in [0.15, 0.2) is 0 Å². The lowest BCUT2D eigenvalue weighted by Gasteiger charge is -2.06. The second-order valence-corrected chi connectivity index (χ2v) is 3.57. The van der Waals surface area contributed by atoms with Gasteiger partial charge < -0.3 is 10.2 Å². The largest absolute Gasteiger partial charge is 0.394 e. The summed E-state index contributed by atoms with van der Waals surface area (Å²) in [6.07, 6.45) is 3.26. The minimum absolute atomic E-state index is 0.120. The molecule has 1 aromatic carbocycles. The van der Waals surface area contributed by atoms with Gasteiger partial charge in [0.2, 0.25) is 0 Å². The Morgan fingerprint density at radius 2 is 1.79 bits per heavy atom. The van der Waals surface area contributed by atoms with E-state index in [0.717, 1.165) is 19.3 Å². The summed E-state index contributed by atoms with van der Waals surface area (Å²) in [5.41, 5.74) is 1.34. The third-order valence-corrected chi connectivity index (χ3v) is 2.31. The summed E-state index contributed by atoms with van der Waals surface area (Å²) in [7, 11) is 0. The Balaban J connectivity index is 2.10. The van der Waals surface area contributed by atoms with Crippen molar-refractivity contribution in [1.29, 1.82) is 0 Å². The standard InChI is InChI=1S/C12H18O2/c13-10-12(14)9-5-4-8-11-6-2-1-3-7-11/h1-3,6-7,12-14H,4-5,8-10H2. The van der Waals surface area contributed by atoms with Crippen LogP contribution >= 0.6 is 0 Å². The van der Waals surface area contributed by atoms with E-state index < -0.39 is 6.10 Å². The Kier molecular flexibility index (Phi) is 5.27. The Hall–Kier alpha value is -0.860. The first-order valence-corrected chi connectivity index (χ1v) is 5.16. The van der Waals surface area contributed by atoms with E-state index in [1.54, 1.807) is 0 Å². The van der Waals surface area contributed by atoms with Crippen LogP contribution in [0.25, 0.3) is 0 Å². The summed E-state index contributed by atoms with van der Waals surface area (Å²) < 4.78 is 0. The molecule has 1 atom stereocenters. The molecular weight excluding hydrogens is 176 g/mol. The van der Waals surface area contributed by atoms with E-state index in [2.05, 4.69) is 12.1 Å². The van der Waals surface area contributed by atoms with Crippen LogP contribution in [0, 0.1) is 0 Å². The molecule has 2 nitrogen and oxygen atoms in total. The minimum atomic E-state index is -0.536. The zero-order chi connectivity index (χ0) is 10.2. The smallest absolute Gasteiger partial charge is 0.0770 e. The molecule has 0 fully saturated rings. The third-order valence-electron chi connectivity index (χ3n) is 2.31. The normalized spacial score (nSPS) is 12.7. The van der Waals surface area contributed by atoms with Crippen molar-refractivity contribution in [2.45, 2.75) is 31.8 Å². The van der Waals surface area contributed by atoms with Crippen molar-refractivity contribution >= 4 is 0 Å². The van der Waals surface area contributed by atoms with Crippen molar-refractivity contribution in [2.75, 3.05) is 6.61 Å². The van der Waals surface area contributed by atoms with E-state index in [0.29, 0.717) is 6.42 Å². The number of aliphatic hydroxyl groups excluding tert-OH is 2. The molecule has 0 aromatic heterocycles. The number of benzene rings is 1. The van der Waals surface area contributed by atoms with Gasteiger partial charge in [0.05, 0.1) is 12.7 Å². The summed E-state index contributed by atoms with van der Waals surface area (Å²) in [4.78, 5) is 0. The highest BCUT2D eigenvalue weighted by Crippen LogP contribution is 2.07. The van der Waals surface area contributed by atoms with Gasteiger partial charge in [-0.05, 0) is 24.8 Å². The maximum Gasteiger partial charge on any atom is 0.0770 e. The van der Waals surface area contributed by atoms with E-state index in [4.69, 9.17) is 10.2 Å². The molecule has 1 unspecified atom stereocenters. The van der Waals surface area contributed by atoms with Gasteiger partial charge in [-0.3, -0.25) is 0 Å². The van der Waals surface area contributed by atoms with Crippen molar-refractivity contribution in [3.8, 4) is 0 Å². The summed E-state index contributed by atoms with van der Waals surface area (Å²) >= 11 is 0. The first-order valence-electron chi connectivity index (χ1n) is 5.16. The monoisotopic (exact) mass is 194 g/mol. The van der Waals surface area contributed by atoms with Crippen LogP contribution < -0.4 is 0 Å². The van der Waals surface area contributed by atoms with Crippen LogP contribution in [0.2, 0.25) is 0 Å². The van der Waals surface area contributed by atoms with Crippen molar-refractivity contribution in [2.24, 2.45) is 0 Å². The summed E-state index contributed by atoms with van der Waals surface area (Å²) in [6, 6.07) is 10.3. The van der Waals surface area contributed by atoms with Gasteiger partial charge >= 0.3 is 0 Å². The first-order chi connectivity index (χ1) is 6.83. The van der Waals surface area contributed by atoms with E-state index in [1.807, 2.05) is 18.2 Å². The van der Waals surface area contributed by atoms with E-state index in [1.165, 1.54) is 5.56 Å². The number of hydrogen-bond acceptors (Lipinski definition) is 2. The first kappa shape index (κ1) is 11.2. The number of unbranched alkanes of at least 4 members (excludes halogenated alkanes) is 1. The Bertz CT molecular complexity index is 233. The maximum atomic E-state index is 9.11. The Morgan fingerprint density at radius 1 is 1.07 bits per heavy atom. The van der Waals surface area contributed by atoms with Crippen molar-refractivity contribution in [3.63, 3.8) is 0 Å². The van der Waals surface area contributed by atoms with E-state index in [-0.39, 0.29) is 6.61 Å². The molecule has 2 heteroatoms. The molecule has 2 N–H and O–H groups in total. The second-order valence-electron chi connectivity index (χ2n) is 3.57. The summed E-state index contributed by atoms with van der Waals surface area (Å²) in [5, 5.41) is 17.7. The van der Waals surface area contributed by atoms with Crippen LogP contribution in [-0.4, -0.2) is 22.9 Å². The molecule has 1 aromatic rings. The molecule has 0 saturated carbocycles. The molecule has 0 bridgehead atoms. The van der Waals surface area contributed by atoms with Crippen LogP contribution in [0.4, 0.5) is 0 Å². The van der Waals surface area contributed by atoms with Crippen molar-refractivity contribution in [3.05, 3.63) is 35.9 Å². The summed E-state index contributed by atoms with van der Waals surface area (Å²) in [5.74, 6) is 0. The zero-order valence-electron chi connectivity index (χ0n) is 8.39. The number of aryl methyl sites for hydroxylation is 1. The van der Waals surface area contributed by atoms with Gasteiger partial charge in [-0.25, -0.2) is 0 Å². The third kappa shape index (κ3) is 4.40. The van der Waals surface area contributed by atoms with Gasteiger partial charge in [0, 0.05) is 0 Å². The van der Waals surface area contributed by atoms with Crippen LogP contribution in [0.1, 0.15) is 24.8 Å². The number of rotatable bonds is 6. The molecule has 0 saturated heterocycles. The molecule has 0 heterocycles. The van der Waals surface area contributed by atoms with Gasteiger partial charge in [-0.2, -0.15) is 0 Å². The Morgan fingerprint density at radius 3 is 2.43 bits per heavy atom. The van der Waals surface area contributed by atoms with Crippen LogP contribution in [-0.2, 0) is 6.42 Å². The van der Waals surface area contributed by atoms with Crippen molar-refractivity contribution < 1.29 is 10.2 Å². The van der Waals surface area contributed by atoms with E-state index in [9.17, 15) is 0 Å².